The third-order valence-corrected chi connectivity index (χ3v) is 4.41. The molecule has 3 rings (SSSR count). The Labute approximate surface area is 146 Å². The zero-order valence-electron chi connectivity index (χ0n) is 14.5. The van der Waals surface area contributed by atoms with Gasteiger partial charge in [-0.2, -0.15) is 5.10 Å². The smallest absolute Gasteiger partial charge is 0.319 e. The molecular formula is C18H23FN4O2. The fourth-order valence-electron chi connectivity index (χ4n) is 2.99. The maximum atomic E-state index is 13.8. The molecule has 1 saturated heterocycles. The second kappa shape index (κ2) is 7.65. The van der Waals surface area contributed by atoms with E-state index >= 15 is 0 Å². The monoisotopic (exact) mass is 346 g/mol. The van der Waals surface area contributed by atoms with Gasteiger partial charge in [-0.05, 0) is 32.8 Å². The molecular weight excluding hydrogens is 323 g/mol. The highest BCUT2D eigenvalue weighted by atomic mass is 19.1. The highest BCUT2D eigenvalue weighted by Crippen LogP contribution is 2.21. The summed E-state index contributed by atoms with van der Waals surface area (Å²) < 4.78 is 21.0. The maximum absolute atomic E-state index is 13.8. The molecule has 0 saturated carbocycles. The minimum Gasteiger partial charge on any atom is -0.376 e. The van der Waals surface area contributed by atoms with Crippen molar-refractivity contribution in [2.75, 3.05) is 18.5 Å². The summed E-state index contributed by atoms with van der Waals surface area (Å²) in [5, 5.41) is 10.1. The van der Waals surface area contributed by atoms with Crippen LogP contribution >= 0.6 is 0 Å². The standard InChI is InChI=1S/C18H23FN4O2/c1-12-17(21-18(24)20-10-15-7-5-9-25-15)13(2)23(22-12)11-14-6-3-4-8-16(14)19/h3-4,6,8,15H,5,7,9-11H2,1-2H3,(H2,20,21,24)/t15-/m0/s1. The van der Waals surface area contributed by atoms with Crippen molar-refractivity contribution in [2.45, 2.75) is 39.3 Å². The highest BCUT2D eigenvalue weighted by Gasteiger charge is 2.18. The number of aryl methyl sites for hydroxylation is 1. The fourth-order valence-corrected chi connectivity index (χ4v) is 2.99. The van der Waals surface area contributed by atoms with Gasteiger partial charge >= 0.3 is 6.03 Å². The highest BCUT2D eigenvalue weighted by molar-refractivity contribution is 5.90. The maximum Gasteiger partial charge on any atom is 0.319 e. The lowest BCUT2D eigenvalue weighted by molar-refractivity contribution is 0.112. The molecule has 0 bridgehead atoms. The quantitative estimate of drug-likeness (QED) is 0.874. The van der Waals surface area contributed by atoms with E-state index < -0.39 is 0 Å². The molecule has 1 aromatic carbocycles. The van der Waals surface area contributed by atoms with Crippen molar-refractivity contribution < 1.29 is 13.9 Å². The summed E-state index contributed by atoms with van der Waals surface area (Å²) in [7, 11) is 0. The van der Waals surface area contributed by atoms with Crippen molar-refractivity contribution in [3.63, 3.8) is 0 Å². The lowest BCUT2D eigenvalue weighted by Gasteiger charge is -2.12. The summed E-state index contributed by atoms with van der Waals surface area (Å²) in [6.45, 7) is 5.25. The molecule has 1 aliphatic rings. The first-order valence-corrected chi connectivity index (χ1v) is 8.48. The average Bonchev–Trinajstić information content (AvgIpc) is 3.19. The summed E-state index contributed by atoms with van der Waals surface area (Å²) in [4.78, 5) is 12.1. The Morgan fingerprint density at radius 1 is 1.40 bits per heavy atom. The molecule has 1 atom stereocenters. The predicted molar refractivity (Wildman–Crippen MR) is 93.2 cm³/mol. The molecule has 6 nitrogen and oxygen atoms in total. The van der Waals surface area contributed by atoms with E-state index in [0.29, 0.717) is 30.0 Å². The van der Waals surface area contributed by atoms with Crippen molar-refractivity contribution in [3.05, 3.63) is 47.0 Å². The molecule has 2 amide bonds. The molecule has 1 fully saturated rings. The number of halogens is 1. The third-order valence-electron chi connectivity index (χ3n) is 4.41. The molecule has 0 unspecified atom stereocenters. The van der Waals surface area contributed by atoms with Crippen molar-refractivity contribution in [2.24, 2.45) is 0 Å². The molecule has 0 spiro atoms. The molecule has 0 radical (unpaired) electrons. The van der Waals surface area contributed by atoms with Crippen LogP contribution in [0.4, 0.5) is 14.9 Å². The van der Waals surface area contributed by atoms with Crippen LogP contribution in [-0.2, 0) is 11.3 Å². The topological polar surface area (TPSA) is 68.2 Å². The van der Waals surface area contributed by atoms with Crippen molar-refractivity contribution in [1.82, 2.24) is 15.1 Å². The van der Waals surface area contributed by atoms with Gasteiger partial charge < -0.3 is 15.4 Å². The van der Waals surface area contributed by atoms with Gasteiger partial charge in [0.15, 0.2) is 0 Å². The van der Waals surface area contributed by atoms with E-state index in [-0.39, 0.29) is 18.0 Å². The van der Waals surface area contributed by atoms with Crippen LogP contribution in [0.2, 0.25) is 0 Å². The number of amides is 2. The lowest BCUT2D eigenvalue weighted by Crippen LogP contribution is -2.35. The van der Waals surface area contributed by atoms with E-state index in [4.69, 9.17) is 4.74 Å². The Bertz CT molecular complexity index is 754. The van der Waals surface area contributed by atoms with E-state index in [2.05, 4.69) is 15.7 Å². The largest absolute Gasteiger partial charge is 0.376 e. The average molecular weight is 346 g/mol. The first-order chi connectivity index (χ1) is 12.0. The summed E-state index contributed by atoms with van der Waals surface area (Å²) >= 11 is 0. The van der Waals surface area contributed by atoms with Crippen LogP contribution in [0.25, 0.3) is 0 Å². The van der Waals surface area contributed by atoms with Gasteiger partial charge in [-0.25, -0.2) is 9.18 Å². The number of hydrogen-bond donors (Lipinski definition) is 2. The number of nitrogens with one attached hydrogen (secondary N) is 2. The fraction of sp³-hybridized carbons (Fsp3) is 0.444. The number of carbonyl (C=O) groups is 1. The number of nitrogens with zero attached hydrogens (tertiary/aromatic N) is 2. The Morgan fingerprint density at radius 3 is 2.92 bits per heavy atom. The Kier molecular flexibility index (Phi) is 5.33. The number of anilines is 1. The van der Waals surface area contributed by atoms with Gasteiger partial charge in [0.05, 0.1) is 29.7 Å². The molecule has 1 aliphatic heterocycles. The van der Waals surface area contributed by atoms with E-state index in [1.165, 1.54) is 6.07 Å². The first kappa shape index (κ1) is 17.4. The minimum atomic E-state index is -0.285. The molecule has 25 heavy (non-hydrogen) atoms. The molecule has 0 aliphatic carbocycles. The predicted octanol–water partition coefficient (Wildman–Crippen LogP) is 2.99. The number of hydrogen-bond acceptors (Lipinski definition) is 3. The zero-order valence-corrected chi connectivity index (χ0v) is 14.5. The van der Waals surface area contributed by atoms with Gasteiger partial charge in [0.2, 0.25) is 0 Å². The number of rotatable bonds is 5. The SMILES string of the molecule is Cc1nn(Cc2ccccc2F)c(C)c1NC(=O)NC[C@@H]1CCCO1. The summed E-state index contributed by atoms with van der Waals surface area (Å²) in [5.41, 5.74) is 2.69. The van der Waals surface area contributed by atoms with Crippen molar-refractivity contribution in [3.8, 4) is 0 Å². The van der Waals surface area contributed by atoms with Gasteiger partial charge in [0, 0.05) is 18.7 Å². The van der Waals surface area contributed by atoms with Gasteiger partial charge in [-0.3, -0.25) is 4.68 Å². The summed E-state index contributed by atoms with van der Waals surface area (Å²) in [5.74, 6) is -0.265. The molecule has 7 heteroatoms. The van der Waals surface area contributed by atoms with Gasteiger partial charge in [0.1, 0.15) is 5.82 Å². The van der Waals surface area contributed by atoms with Crippen LogP contribution in [0.3, 0.4) is 0 Å². The van der Waals surface area contributed by atoms with Crippen LogP contribution in [0.15, 0.2) is 24.3 Å². The minimum absolute atomic E-state index is 0.0942. The Morgan fingerprint density at radius 2 is 2.20 bits per heavy atom. The van der Waals surface area contributed by atoms with Gasteiger partial charge in [-0.15, -0.1) is 0 Å². The van der Waals surface area contributed by atoms with E-state index in [9.17, 15) is 9.18 Å². The molecule has 2 aromatic rings. The van der Waals surface area contributed by atoms with Gasteiger partial charge in [-0.1, -0.05) is 18.2 Å². The van der Waals surface area contributed by atoms with Crippen molar-refractivity contribution >= 4 is 11.7 Å². The third kappa shape index (κ3) is 4.17. The molecule has 2 N–H and O–H groups in total. The van der Waals surface area contributed by atoms with Crippen LogP contribution in [-0.4, -0.2) is 35.1 Å². The second-order valence-corrected chi connectivity index (χ2v) is 6.26. The van der Waals surface area contributed by atoms with E-state index in [0.717, 1.165) is 25.1 Å². The van der Waals surface area contributed by atoms with Crippen LogP contribution in [0.5, 0.6) is 0 Å². The summed E-state index contributed by atoms with van der Waals surface area (Å²) in [6.07, 6.45) is 2.10. The number of carbonyl (C=O) groups excluding carboxylic acids is 1. The van der Waals surface area contributed by atoms with Crippen LogP contribution in [0.1, 0.15) is 29.8 Å². The molecule has 1 aromatic heterocycles. The Balaban J connectivity index is 1.65. The summed E-state index contributed by atoms with van der Waals surface area (Å²) in [6, 6.07) is 6.33. The number of aromatic nitrogens is 2. The number of ether oxygens (including phenoxy) is 1. The lowest BCUT2D eigenvalue weighted by atomic mass is 10.2. The second-order valence-electron chi connectivity index (χ2n) is 6.26. The zero-order chi connectivity index (χ0) is 17.8. The number of urea groups is 1. The van der Waals surface area contributed by atoms with E-state index in [1.54, 1.807) is 22.9 Å². The molecule has 134 valence electrons. The van der Waals surface area contributed by atoms with Crippen LogP contribution in [0, 0.1) is 19.7 Å². The Hall–Kier alpha value is -2.41. The van der Waals surface area contributed by atoms with Gasteiger partial charge in [0.25, 0.3) is 0 Å². The normalized spacial score (nSPS) is 16.8. The van der Waals surface area contributed by atoms with E-state index in [1.807, 2.05) is 13.8 Å². The molecule has 2 heterocycles. The van der Waals surface area contributed by atoms with Crippen LogP contribution < -0.4 is 10.6 Å². The first-order valence-electron chi connectivity index (χ1n) is 8.48. The number of benzene rings is 1. The van der Waals surface area contributed by atoms with Crippen molar-refractivity contribution in [1.29, 1.82) is 0 Å².